The monoisotopic (exact) mass is 276 g/mol. The Morgan fingerprint density at radius 3 is 2.40 bits per heavy atom. The minimum atomic E-state index is -0.449. The van der Waals surface area contributed by atoms with Crippen molar-refractivity contribution < 1.29 is 4.92 Å². The number of halogens is 1. The van der Waals surface area contributed by atoms with Crippen LogP contribution in [0.3, 0.4) is 0 Å². The molecule has 0 saturated carbocycles. The van der Waals surface area contributed by atoms with Gasteiger partial charge >= 0.3 is 5.82 Å². The van der Waals surface area contributed by atoms with Crippen molar-refractivity contribution in [2.75, 3.05) is 5.33 Å². The Labute approximate surface area is 98.7 Å². The smallest absolute Gasteiger partial charge is 0.358 e. The van der Waals surface area contributed by atoms with Crippen LogP contribution in [-0.2, 0) is 0 Å². The molecule has 0 fully saturated rings. The Morgan fingerprint density at radius 1 is 1.53 bits per heavy atom. The second-order valence-electron chi connectivity index (χ2n) is 4.57. The van der Waals surface area contributed by atoms with Gasteiger partial charge in [-0.15, -0.1) is 0 Å². The molecule has 0 aliphatic rings. The Kier molecular flexibility index (Phi) is 5.72. The number of nitrogens with zero attached hydrogens (tertiary/aromatic N) is 2. The lowest BCUT2D eigenvalue weighted by Gasteiger charge is -2.12. The average molecular weight is 277 g/mol. The number of rotatable bonds is 4. The summed E-state index contributed by atoms with van der Waals surface area (Å²) in [7, 11) is 0. The van der Waals surface area contributed by atoms with E-state index in [0.717, 1.165) is 6.42 Å². The largest absolute Gasteiger partial charge is 0.362 e. The summed E-state index contributed by atoms with van der Waals surface area (Å²) in [5.41, 5.74) is 0.734. The Hall–Kier alpha value is -0.710. The van der Waals surface area contributed by atoms with Crippen molar-refractivity contribution in [3.63, 3.8) is 0 Å². The molecule has 0 unspecified atom stereocenters. The van der Waals surface area contributed by atoms with Gasteiger partial charge in [0.25, 0.3) is 0 Å². The molecule has 0 radical (unpaired) electrons. The van der Waals surface area contributed by atoms with Gasteiger partial charge < -0.3 is 10.1 Å². The summed E-state index contributed by atoms with van der Waals surface area (Å²) < 4.78 is 0. The molecular weight excluding hydrogens is 260 g/mol. The Bertz CT molecular complexity index is 290. The van der Waals surface area contributed by atoms with Gasteiger partial charge in [0, 0.05) is 17.3 Å². The molecule has 0 atom stereocenters. The summed E-state index contributed by atoms with van der Waals surface area (Å²) in [5.74, 6) is -0.0591. The van der Waals surface area contributed by atoms with Crippen LogP contribution in [0.25, 0.3) is 0 Å². The van der Waals surface area contributed by atoms with Crippen LogP contribution in [-0.4, -0.2) is 16.5 Å². The maximum absolute atomic E-state index is 10.7. The molecule has 86 valence electrons. The number of alkyl halides is 1. The first-order chi connectivity index (χ1) is 6.78. The van der Waals surface area contributed by atoms with Gasteiger partial charge in [0.1, 0.15) is 6.21 Å². The van der Waals surface area contributed by atoms with E-state index in [1.807, 2.05) is 0 Å². The van der Waals surface area contributed by atoms with Gasteiger partial charge in [-0.05, 0) is 17.3 Å². The molecule has 0 aromatic carbocycles. The van der Waals surface area contributed by atoms with E-state index in [4.69, 9.17) is 0 Å². The van der Waals surface area contributed by atoms with E-state index >= 15 is 0 Å². The third kappa shape index (κ3) is 6.38. The lowest BCUT2D eigenvalue weighted by atomic mass is 9.93. The lowest BCUT2D eigenvalue weighted by molar-refractivity contribution is -0.427. The van der Waals surface area contributed by atoms with Crippen LogP contribution >= 0.6 is 15.9 Å². The molecule has 0 amide bonds. The van der Waals surface area contributed by atoms with Crippen LogP contribution in [0, 0.1) is 15.5 Å². The van der Waals surface area contributed by atoms with Gasteiger partial charge in [-0.3, -0.25) is 0 Å². The topological polar surface area (TPSA) is 55.5 Å². The fourth-order valence-electron chi connectivity index (χ4n) is 0.779. The van der Waals surface area contributed by atoms with E-state index in [2.05, 4.69) is 41.7 Å². The molecular formula is C10H17BrN2O2. The van der Waals surface area contributed by atoms with Gasteiger partial charge in [-0.2, -0.15) is 0 Å². The van der Waals surface area contributed by atoms with E-state index in [0.29, 0.717) is 10.9 Å². The number of allylic oxidation sites excluding steroid dienone is 1. The highest BCUT2D eigenvalue weighted by Gasteiger charge is 2.14. The summed E-state index contributed by atoms with van der Waals surface area (Å²) in [6.45, 7) is 7.88. The van der Waals surface area contributed by atoms with Crippen LogP contribution in [0.4, 0.5) is 0 Å². The predicted octanol–water partition coefficient (Wildman–Crippen LogP) is 3.40. The highest BCUT2D eigenvalue weighted by molar-refractivity contribution is 9.09. The molecule has 0 saturated heterocycles. The highest BCUT2D eigenvalue weighted by atomic mass is 79.9. The summed E-state index contributed by atoms with van der Waals surface area (Å²) in [6.07, 6.45) is 2.34. The Morgan fingerprint density at radius 2 is 2.07 bits per heavy atom. The van der Waals surface area contributed by atoms with Crippen molar-refractivity contribution in [1.29, 1.82) is 0 Å². The van der Waals surface area contributed by atoms with Crippen molar-refractivity contribution in [3.8, 4) is 0 Å². The van der Waals surface area contributed by atoms with Gasteiger partial charge in [-0.1, -0.05) is 41.7 Å². The molecule has 0 aromatic rings. The quantitative estimate of drug-likeness (QED) is 0.342. The SMILES string of the molecule is C/C(CBr)=C(\N=CCC(C)(C)C)[N+](=O)[O-]. The second-order valence-corrected chi connectivity index (χ2v) is 5.13. The standard InChI is InChI=1S/C10H17BrN2O2/c1-8(7-11)9(13(14)15)12-6-5-10(2,3)4/h6H,5,7H2,1-4H3/b9-8-,12-6?. The molecule has 5 heteroatoms. The maximum Gasteiger partial charge on any atom is 0.362 e. The number of hydrogen-bond donors (Lipinski definition) is 0. The van der Waals surface area contributed by atoms with Crippen LogP contribution in [0.2, 0.25) is 0 Å². The van der Waals surface area contributed by atoms with E-state index < -0.39 is 4.92 Å². The van der Waals surface area contributed by atoms with Crippen LogP contribution < -0.4 is 0 Å². The third-order valence-corrected chi connectivity index (χ3v) is 2.51. The molecule has 0 aromatic heterocycles. The predicted molar refractivity (Wildman–Crippen MR) is 66.1 cm³/mol. The van der Waals surface area contributed by atoms with Gasteiger partial charge in [0.15, 0.2) is 0 Å². The van der Waals surface area contributed by atoms with E-state index in [1.54, 1.807) is 13.1 Å². The second kappa shape index (κ2) is 6.00. The average Bonchev–Trinajstić information content (AvgIpc) is 2.09. The fourth-order valence-corrected chi connectivity index (χ4v) is 1.03. The van der Waals surface area contributed by atoms with Crippen LogP contribution in [0.15, 0.2) is 16.4 Å². The normalized spacial score (nSPS) is 14.2. The lowest BCUT2D eigenvalue weighted by Crippen LogP contribution is -2.06. The minimum Gasteiger partial charge on any atom is -0.358 e. The van der Waals surface area contributed by atoms with Crippen LogP contribution in [0.5, 0.6) is 0 Å². The minimum absolute atomic E-state index is 0.0591. The van der Waals surface area contributed by atoms with E-state index in [-0.39, 0.29) is 11.2 Å². The Balaban J connectivity index is 4.66. The molecule has 0 bridgehead atoms. The molecule has 0 N–H and O–H groups in total. The van der Waals surface area contributed by atoms with Gasteiger partial charge in [-0.25, -0.2) is 0 Å². The summed E-state index contributed by atoms with van der Waals surface area (Å²) in [4.78, 5) is 14.1. The fraction of sp³-hybridized carbons (Fsp3) is 0.700. The summed E-state index contributed by atoms with van der Waals surface area (Å²) >= 11 is 3.18. The number of hydrogen-bond acceptors (Lipinski definition) is 3. The molecule has 0 heterocycles. The number of aliphatic imine (C=N–C) groups is 1. The van der Waals surface area contributed by atoms with Crippen molar-refractivity contribution in [1.82, 2.24) is 0 Å². The van der Waals surface area contributed by atoms with Crippen molar-refractivity contribution >= 4 is 22.1 Å². The molecule has 0 aliphatic carbocycles. The molecule has 0 aliphatic heterocycles. The zero-order valence-corrected chi connectivity index (χ0v) is 11.2. The first-order valence-corrected chi connectivity index (χ1v) is 5.82. The number of nitro groups is 1. The summed E-state index contributed by atoms with van der Waals surface area (Å²) in [5, 5.41) is 11.1. The summed E-state index contributed by atoms with van der Waals surface area (Å²) in [6, 6.07) is 0. The van der Waals surface area contributed by atoms with Gasteiger partial charge in [0.05, 0.1) is 0 Å². The van der Waals surface area contributed by atoms with Crippen molar-refractivity contribution in [2.45, 2.75) is 34.1 Å². The van der Waals surface area contributed by atoms with Crippen molar-refractivity contribution in [3.05, 3.63) is 21.5 Å². The van der Waals surface area contributed by atoms with Crippen LogP contribution in [0.1, 0.15) is 34.1 Å². The molecule has 4 nitrogen and oxygen atoms in total. The first-order valence-electron chi connectivity index (χ1n) is 4.70. The van der Waals surface area contributed by atoms with Crippen molar-refractivity contribution in [2.24, 2.45) is 10.4 Å². The molecule has 0 rings (SSSR count). The maximum atomic E-state index is 10.7. The van der Waals surface area contributed by atoms with E-state index in [1.165, 1.54) is 0 Å². The zero-order valence-electron chi connectivity index (χ0n) is 9.58. The van der Waals surface area contributed by atoms with Gasteiger partial charge in [0.2, 0.25) is 0 Å². The first kappa shape index (κ1) is 14.3. The molecule has 15 heavy (non-hydrogen) atoms. The third-order valence-electron chi connectivity index (χ3n) is 1.67. The highest BCUT2D eigenvalue weighted by Crippen LogP contribution is 2.17. The zero-order chi connectivity index (χ0) is 12.1. The van der Waals surface area contributed by atoms with E-state index in [9.17, 15) is 10.1 Å². The molecule has 0 spiro atoms.